The Bertz CT molecular complexity index is 383. The first-order valence-electron chi connectivity index (χ1n) is 5.71. The van der Waals surface area contributed by atoms with Gasteiger partial charge in [-0.25, -0.2) is 4.98 Å². The third-order valence-corrected chi connectivity index (χ3v) is 3.86. The van der Waals surface area contributed by atoms with Gasteiger partial charge in [-0.1, -0.05) is 13.8 Å². The molecule has 0 aromatic carbocycles. The van der Waals surface area contributed by atoms with Crippen molar-refractivity contribution in [2.75, 3.05) is 11.9 Å². The Labute approximate surface area is 110 Å². The summed E-state index contributed by atoms with van der Waals surface area (Å²) in [4.78, 5) is 16.3. The number of halogens is 1. The van der Waals surface area contributed by atoms with Crippen LogP contribution in [0.25, 0.3) is 0 Å². The second-order valence-corrected chi connectivity index (χ2v) is 4.83. The van der Waals surface area contributed by atoms with Crippen LogP contribution in [0.2, 0.25) is 0 Å². The molecule has 4 nitrogen and oxygen atoms in total. The Kier molecular flexibility index (Phi) is 5.08. The fourth-order valence-corrected chi connectivity index (χ4v) is 2.02. The SMILES string of the molecule is CCC(CC)(CN)C(=O)Nc1ncccc1Br. The molecule has 1 amide bonds. The molecule has 94 valence electrons. The summed E-state index contributed by atoms with van der Waals surface area (Å²) in [5, 5.41) is 2.83. The molecule has 0 atom stereocenters. The Balaban J connectivity index is 2.88. The number of carbonyl (C=O) groups is 1. The summed E-state index contributed by atoms with van der Waals surface area (Å²) in [7, 11) is 0. The van der Waals surface area contributed by atoms with Gasteiger partial charge in [0, 0.05) is 12.7 Å². The van der Waals surface area contributed by atoms with Gasteiger partial charge >= 0.3 is 0 Å². The van der Waals surface area contributed by atoms with E-state index < -0.39 is 5.41 Å². The second-order valence-electron chi connectivity index (χ2n) is 3.98. The number of nitrogens with zero attached hydrogens (tertiary/aromatic N) is 1. The summed E-state index contributed by atoms with van der Waals surface area (Å²) in [6.07, 6.45) is 3.08. The zero-order valence-electron chi connectivity index (χ0n) is 10.2. The number of nitrogens with two attached hydrogens (primary N) is 1. The smallest absolute Gasteiger partial charge is 0.233 e. The molecule has 1 heterocycles. The summed E-state index contributed by atoms with van der Waals surface area (Å²) in [5.41, 5.74) is 5.23. The molecule has 1 aromatic heterocycles. The van der Waals surface area contributed by atoms with Gasteiger partial charge in [0.05, 0.1) is 9.89 Å². The number of hydrogen-bond acceptors (Lipinski definition) is 3. The lowest BCUT2D eigenvalue weighted by atomic mass is 9.81. The summed E-state index contributed by atoms with van der Waals surface area (Å²) in [6.45, 7) is 4.29. The molecular weight excluding hydrogens is 282 g/mol. The topological polar surface area (TPSA) is 68.0 Å². The van der Waals surface area contributed by atoms with Crippen molar-refractivity contribution in [3.63, 3.8) is 0 Å². The van der Waals surface area contributed by atoms with Crippen LogP contribution in [-0.2, 0) is 4.79 Å². The van der Waals surface area contributed by atoms with Gasteiger partial charge in [0.2, 0.25) is 5.91 Å². The van der Waals surface area contributed by atoms with Crippen LogP contribution in [0.3, 0.4) is 0 Å². The molecule has 1 rings (SSSR count). The van der Waals surface area contributed by atoms with Gasteiger partial charge in [0.25, 0.3) is 0 Å². The first-order valence-corrected chi connectivity index (χ1v) is 6.51. The zero-order chi connectivity index (χ0) is 12.9. The number of pyridine rings is 1. The number of carbonyl (C=O) groups excluding carboxylic acids is 1. The summed E-state index contributed by atoms with van der Waals surface area (Å²) >= 11 is 3.35. The lowest BCUT2D eigenvalue weighted by molar-refractivity contribution is -0.125. The van der Waals surface area contributed by atoms with E-state index in [0.29, 0.717) is 12.4 Å². The van der Waals surface area contributed by atoms with Crippen molar-refractivity contribution in [1.82, 2.24) is 4.98 Å². The van der Waals surface area contributed by atoms with E-state index in [1.807, 2.05) is 19.9 Å². The van der Waals surface area contributed by atoms with Crippen LogP contribution in [0.15, 0.2) is 22.8 Å². The highest BCUT2D eigenvalue weighted by Crippen LogP contribution is 2.28. The van der Waals surface area contributed by atoms with Crippen LogP contribution in [0, 0.1) is 5.41 Å². The average Bonchev–Trinajstić information content (AvgIpc) is 2.35. The van der Waals surface area contributed by atoms with Crippen LogP contribution in [0.5, 0.6) is 0 Å². The predicted molar refractivity (Wildman–Crippen MR) is 72.6 cm³/mol. The van der Waals surface area contributed by atoms with E-state index in [4.69, 9.17) is 5.73 Å². The van der Waals surface area contributed by atoms with Gasteiger partial charge in [-0.2, -0.15) is 0 Å². The molecule has 1 aromatic rings. The third-order valence-electron chi connectivity index (χ3n) is 3.22. The highest BCUT2D eigenvalue weighted by molar-refractivity contribution is 9.10. The minimum atomic E-state index is -0.503. The monoisotopic (exact) mass is 299 g/mol. The minimum Gasteiger partial charge on any atom is -0.329 e. The minimum absolute atomic E-state index is 0.0654. The standard InChI is InChI=1S/C12H18BrN3O/c1-3-12(4-2,8-14)11(17)16-10-9(13)6-5-7-15-10/h5-7H,3-4,8,14H2,1-2H3,(H,15,16,17). The van der Waals surface area contributed by atoms with Crippen molar-refractivity contribution >= 4 is 27.7 Å². The summed E-state index contributed by atoms with van der Waals surface area (Å²) < 4.78 is 0.770. The first-order chi connectivity index (χ1) is 8.09. The van der Waals surface area contributed by atoms with Crippen LogP contribution in [-0.4, -0.2) is 17.4 Å². The number of nitrogens with one attached hydrogen (secondary N) is 1. The van der Waals surface area contributed by atoms with Crippen LogP contribution >= 0.6 is 15.9 Å². The van der Waals surface area contributed by atoms with Gasteiger partial charge in [-0.05, 0) is 40.9 Å². The Hall–Kier alpha value is -0.940. The van der Waals surface area contributed by atoms with Gasteiger partial charge in [-0.15, -0.1) is 0 Å². The van der Waals surface area contributed by atoms with E-state index in [0.717, 1.165) is 17.3 Å². The van der Waals surface area contributed by atoms with Gasteiger partial charge in [-0.3, -0.25) is 4.79 Å². The average molecular weight is 300 g/mol. The van der Waals surface area contributed by atoms with E-state index in [1.165, 1.54) is 0 Å². The number of aromatic nitrogens is 1. The lowest BCUT2D eigenvalue weighted by Crippen LogP contribution is -2.41. The molecule has 0 unspecified atom stereocenters. The van der Waals surface area contributed by atoms with E-state index in [-0.39, 0.29) is 5.91 Å². The molecule has 0 aliphatic rings. The number of amides is 1. The van der Waals surface area contributed by atoms with Gasteiger partial charge in [0.15, 0.2) is 0 Å². The third kappa shape index (κ3) is 3.04. The lowest BCUT2D eigenvalue weighted by Gasteiger charge is -2.28. The van der Waals surface area contributed by atoms with Crippen molar-refractivity contribution in [3.05, 3.63) is 22.8 Å². The Morgan fingerprint density at radius 3 is 2.65 bits per heavy atom. The highest BCUT2D eigenvalue weighted by atomic mass is 79.9. The molecule has 17 heavy (non-hydrogen) atoms. The second kappa shape index (κ2) is 6.12. The van der Waals surface area contributed by atoms with E-state index in [9.17, 15) is 4.79 Å². The maximum atomic E-state index is 12.2. The number of anilines is 1. The van der Waals surface area contributed by atoms with Crippen LogP contribution in [0.4, 0.5) is 5.82 Å². The molecular formula is C12H18BrN3O. The molecule has 0 bridgehead atoms. The van der Waals surface area contributed by atoms with Crippen molar-refractivity contribution < 1.29 is 4.79 Å². The van der Waals surface area contributed by atoms with Crippen LogP contribution in [0.1, 0.15) is 26.7 Å². The van der Waals surface area contributed by atoms with E-state index >= 15 is 0 Å². The molecule has 3 N–H and O–H groups in total. The fourth-order valence-electron chi connectivity index (χ4n) is 1.67. The molecule has 0 fully saturated rings. The predicted octanol–water partition coefficient (Wildman–Crippen LogP) is 2.55. The maximum absolute atomic E-state index is 12.2. The Morgan fingerprint density at radius 2 is 2.18 bits per heavy atom. The fraction of sp³-hybridized carbons (Fsp3) is 0.500. The summed E-state index contributed by atoms with van der Waals surface area (Å²) in [5.74, 6) is 0.474. The molecule has 0 saturated carbocycles. The van der Waals surface area contributed by atoms with Crippen molar-refractivity contribution in [2.45, 2.75) is 26.7 Å². The Morgan fingerprint density at radius 1 is 1.53 bits per heavy atom. The zero-order valence-corrected chi connectivity index (χ0v) is 11.8. The molecule has 5 heteroatoms. The number of hydrogen-bond donors (Lipinski definition) is 2. The van der Waals surface area contributed by atoms with Gasteiger partial charge in [0.1, 0.15) is 5.82 Å². The van der Waals surface area contributed by atoms with Gasteiger partial charge < -0.3 is 11.1 Å². The molecule has 0 spiro atoms. The normalized spacial score (nSPS) is 11.3. The van der Waals surface area contributed by atoms with Crippen LogP contribution < -0.4 is 11.1 Å². The molecule has 0 saturated heterocycles. The first kappa shape index (κ1) is 14.1. The van der Waals surface area contributed by atoms with Crippen molar-refractivity contribution in [3.8, 4) is 0 Å². The van der Waals surface area contributed by atoms with Crippen molar-refractivity contribution in [1.29, 1.82) is 0 Å². The van der Waals surface area contributed by atoms with E-state index in [1.54, 1.807) is 12.3 Å². The molecule has 0 aliphatic heterocycles. The maximum Gasteiger partial charge on any atom is 0.233 e. The quantitative estimate of drug-likeness (QED) is 0.878. The summed E-state index contributed by atoms with van der Waals surface area (Å²) in [6, 6.07) is 3.64. The molecule has 0 radical (unpaired) electrons. The highest BCUT2D eigenvalue weighted by Gasteiger charge is 2.33. The van der Waals surface area contributed by atoms with E-state index in [2.05, 4.69) is 26.2 Å². The number of rotatable bonds is 5. The molecule has 0 aliphatic carbocycles. The van der Waals surface area contributed by atoms with Crippen molar-refractivity contribution in [2.24, 2.45) is 11.1 Å². The largest absolute Gasteiger partial charge is 0.329 e.